The van der Waals surface area contributed by atoms with Gasteiger partial charge in [0.2, 0.25) is 0 Å². The molecule has 2 heterocycles. The van der Waals surface area contributed by atoms with Crippen LogP contribution in [0, 0.1) is 11.6 Å². The van der Waals surface area contributed by atoms with Crippen LogP contribution in [-0.2, 0) is 10.3 Å². The topological polar surface area (TPSA) is 39.9 Å². The third-order valence-electron chi connectivity index (χ3n) is 5.11. The van der Waals surface area contributed by atoms with Crippen molar-refractivity contribution in [3.63, 3.8) is 0 Å². The lowest BCUT2D eigenvalue weighted by molar-refractivity contribution is -0.269. The second kappa shape index (κ2) is 6.23. The highest BCUT2D eigenvalue weighted by atomic mass is 19.4. The Morgan fingerprint density at radius 2 is 1.82 bits per heavy atom. The Labute approximate surface area is 157 Å². The molecule has 3 aromatic rings. The van der Waals surface area contributed by atoms with Gasteiger partial charge in [-0.15, -0.1) is 0 Å². The second-order valence-electron chi connectivity index (χ2n) is 6.99. The molecule has 1 atom stereocenters. The van der Waals surface area contributed by atoms with Gasteiger partial charge in [0.15, 0.2) is 11.4 Å². The first-order valence-electron chi connectivity index (χ1n) is 8.60. The fraction of sp³-hybridized carbons (Fsp3) is 0.368. The molecular formula is C19H16F5N3O. The van der Waals surface area contributed by atoms with Gasteiger partial charge in [-0.1, -0.05) is 0 Å². The van der Waals surface area contributed by atoms with E-state index in [1.165, 1.54) is 12.3 Å². The molecule has 0 aliphatic heterocycles. The summed E-state index contributed by atoms with van der Waals surface area (Å²) in [5.74, 6) is -1.29. The molecule has 0 saturated heterocycles. The fourth-order valence-electron chi connectivity index (χ4n) is 3.26. The van der Waals surface area contributed by atoms with Gasteiger partial charge in [0, 0.05) is 48.8 Å². The summed E-state index contributed by atoms with van der Waals surface area (Å²) in [4.78, 5) is 8.22. The summed E-state index contributed by atoms with van der Waals surface area (Å²) in [7, 11) is 0.970. The van der Waals surface area contributed by atoms with E-state index in [4.69, 9.17) is 4.74 Å². The lowest BCUT2D eigenvalue weighted by atomic mass is 9.95. The number of benzene rings is 1. The Balaban J connectivity index is 1.92. The van der Waals surface area contributed by atoms with Crippen molar-refractivity contribution in [1.82, 2.24) is 14.5 Å². The smallest absolute Gasteiger partial charge is 0.364 e. The molecule has 0 bridgehead atoms. The Kier molecular flexibility index (Phi) is 4.18. The van der Waals surface area contributed by atoms with Crippen molar-refractivity contribution in [2.75, 3.05) is 7.11 Å². The maximum absolute atomic E-state index is 14.4. The van der Waals surface area contributed by atoms with Crippen molar-refractivity contribution >= 4 is 11.0 Å². The molecule has 1 saturated carbocycles. The third kappa shape index (κ3) is 2.85. The number of fused-ring (bicyclic) bond motifs is 1. The summed E-state index contributed by atoms with van der Waals surface area (Å²) in [6.07, 6.45) is -0.690. The number of nitrogens with zero attached hydrogens (tertiary/aromatic N) is 3. The molecule has 0 N–H and O–H groups in total. The van der Waals surface area contributed by atoms with Gasteiger partial charge < -0.3 is 9.30 Å². The van der Waals surface area contributed by atoms with Crippen LogP contribution in [0.25, 0.3) is 22.4 Å². The van der Waals surface area contributed by atoms with Crippen LogP contribution in [0.1, 0.15) is 31.4 Å². The average molecular weight is 397 g/mol. The minimum atomic E-state index is -4.67. The van der Waals surface area contributed by atoms with Crippen LogP contribution in [0.15, 0.2) is 30.6 Å². The monoisotopic (exact) mass is 397 g/mol. The zero-order chi connectivity index (χ0) is 20.3. The van der Waals surface area contributed by atoms with Crippen molar-refractivity contribution in [3.05, 3.63) is 47.8 Å². The molecule has 0 spiro atoms. The van der Waals surface area contributed by atoms with Gasteiger partial charge in [-0.2, -0.15) is 13.2 Å². The van der Waals surface area contributed by atoms with E-state index in [2.05, 4.69) is 9.97 Å². The van der Waals surface area contributed by atoms with Crippen molar-refractivity contribution in [2.24, 2.45) is 0 Å². The van der Waals surface area contributed by atoms with E-state index in [0.29, 0.717) is 0 Å². The highest BCUT2D eigenvalue weighted by Crippen LogP contribution is 2.44. The minimum absolute atomic E-state index is 0.0416. The number of hydrogen-bond donors (Lipinski definition) is 0. The van der Waals surface area contributed by atoms with E-state index in [0.717, 1.165) is 45.2 Å². The quantitative estimate of drug-likeness (QED) is 0.573. The Morgan fingerprint density at radius 3 is 2.43 bits per heavy atom. The largest absolute Gasteiger partial charge is 0.421 e. The molecule has 9 heteroatoms. The molecule has 0 amide bonds. The van der Waals surface area contributed by atoms with Gasteiger partial charge in [-0.3, -0.25) is 4.98 Å². The van der Waals surface area contributed by atoms with Gasteiger partial charge in [0.25, 0.3) is 0 Å². The number of rotatable bonds is 4. The van der Waals surface area contributed by atoms with Crippen LogP contribution >= 0.6 is 0 Å². The molecule has 1 fully saturated rings. The molecule has 1 unspecified atom stereocenters. The number of pyridine rings is 1. The zero-order valence-electron chi connectivity index (χ0n) is 15.0. The number of alkyl halides is 3. The van der Waals surface area contributed by atoms with Crippen LogP contribution in [0.4, 0.5) is 22.0 Å². The predicted molar refractivity (Wildman–Crippen MR) is 91.6 cm³/mol. The van der Waals surface area contributed by atoms with Crippen LogP contribution < -0.4 is 0 Å². The SMILES string of the molecule is COC(C)(c1cncc(-c2nc3cc(F)cc(F)c3n2C2CC2)c1)C(F)(F)F. The van der Waals surface area contributed by atoms with Crippen molar-refractivity contribution in [3.8, 4) is 11.4 Å². The first-order valence-corrected chi connectivity index (χ1v) is 8.60. The first-order chi connectivity index (χ1) is 13.2. The molecule has 4 rings (SSSR count). The molecule has 1 aliphatic carbocycles. The number of hydrogen-bond acceptors (Lipinski definition) is 3. The molecule has 1 aromatic carbocycles. The summed E-state index contributed by atoms with van der Waals surface area (Å²) < 4.78 is 75.0. The molecule has 148 valence electrons. The molecule has 4 nitrogen and oxygen atoms in total. The summed E-state index contributed by atoms with van der Waals surface area (Å²) in [5.41, 5.74) is -2.26. The van der Waals surface area contributed by atoms with Gasteiger partial charge in [-0.25, -0.2) is 13.8 Å². The van der Waals surface area contributed by atoms with Crippen LogP contribution in [0.3, 0.4) is 0 Å². The van der Waals surface area contributed by atoms with E-state index in [1.54, 1.807) is 4.57 Å². The second-order valence-corrected chi connectivity index (χ2v) is 6.99. The Morgan fingerprint density at radius 1 is 1.11 bits per heavy atom. The molecule has 1 aliphatic rings. The Hall–Kier alpha value is -2.55. The normalized spacial score (nSPS) is 17.1. The van der Waals surface area contributed by atoms with E-state index in [1.807, 2.05) is 0 Å². The number of ether oxygens (including phenoxy) is 1. The molecule has 2 aromatic heterocycles. The standard InChI is InChI=1S/C19H16F5N3O/c1-18(28-2,19(22,23)24)11-5-10(8-25-9-11)17-26-15-7-12(20)6-14(21)16(15)27(17)13-3-4-13/h5-9,13H,3-4H2,1-2H3. The highest BCUT2D eigenvalue weighted by Gasteiger charge is 2.53. The minimum Gasteiger partial charge on any atom is -0.364 e. The fourth-order valence-corrected chi connectivity index (χ4v) is 3.26. The van der Waals surface area contributed by atoms with Gasteiger partial charge >= 0.3 is 6.18 Å². The predicted octanol–water partition coefficient (Wildman–Crippen LogP) is 5.14. The lowest BCUT2D eigenvalue weighted by Crippen LogP contribution is -2.41. The van der Waals surface area contributed by atoms with Crippen LogP contribution in [-0.4, -0.2) is 27.8 Å². The van der Waals surface area contributed by atoms with Crippen molar-refractivity contribution < 1.29 is 26.7 Å². The Bertz CT molecular complexity index is 1060. The third-order valence-corrected chi connectivity index (χ3v) is 5.11. The van der Waals surface area contributed by atoms with Crippen LogP contribution in [0.2, 0.25) is 0 Å². The van der Waals surface area contributed by atoms with Crippen molar-refractivity contribution in [2.45, 2.75) is 37.6 Å². The molecule has 28 heavy (non-hydrogen) atoms. The summed E-state index contributed by atoms with van der Waals surface area (Å²) in [6.45, 7) is 0.909. The summed E-state index contributed by atoms with van der Waals surface area (Å²) in [5, 5.41) is 0. The van der Waals surface area contributed by atoms with E-state index in [9.17, 15) is 22.0 Å². The van der Waals surface area contributed by atoms with E-state index >= 15 is 0 Å². The van der Waals surface area contributed by atoms with E-state index < -0.39 is 23.4 Å². The van der Waals surface area contributed by atoms with Gasteiger partial charge in [0.05, 0.1) is 5.52 Å². The number of imidazole rings is 1. The number of halogens is 5. The lowest BCUT2D eigenvalue weighted by Gasteiger charge is -2.30. The molecule has 0 radical (unpaired) electrons. The maximum Gasteiger partial charge on any atom is 0.421 e. The zero-order valence-corrected chi connectivity index (χ0v) is 15.0. The first kappa shape index (κ1) is 18.8. The van der Waals surface area contributed by atoms with Crippen LogP contribution in [0.5, 0.6) is 0 Å². The average Bonchev–Trinajstić information content (AvgIpc) is 3.40. The maximum atomic E-state index is 14.4. The van der Waals surface area contributed by atoms with Gasteiger partial charge in [0.1, 0.15) is 17.2 Å². The van der Waals surface area contributed by atoms with Crippen molar-refractivity contribution in [1.29, 1.82) is 0 Å². The number of methoxy groups -OCH3 is 1. The number of aromatic nitrogens is 3. The highest BCUT2D eigenvalue weighted by molar-refractivity contribution is 5.81. The van der Waals surface area contributed by atoms with E-state index in [-0.39, 0.29) is 34.0 Å². The summed E-state index contributed by atoms with van der Waals surface area (Å²) in [6, 6.07) is 3.11. The van der Waals surface area contributed by atoms with Gasteiger partial charge in [-0.05, 0) is 25.8 Å². The summed E-state index contributed by atoms with van der Waals surface area (Å²) >= 11 is 0. The molecular weight excluding hydrogens is 381 g/mol.